The lowest BCUT2D eigenvalue weighted by Gasteiger charge is -2.38. The molecule has 3 nitrogen and oxygen atoms in total. The van der Waals surface area contributed by atoms with Gasteiger partial charge in [0.15, 0.2) is 6.04 Å². The van der Waals surface area contributed by atoms with Crippen LogP contribution in [-0.2, 0) is 4.79 Å². The van der Waals surface area contributed by atoms with Crippen LogP contribution in [0, 0.1) is 5.82 Å². The summed E-state index contributed by atoms with van der Waals surface area (Å²) in [6, 6.07) is 6.65. The summed E-state index contributed by atoms with van der Waals surface area (Å²) >= 11 is 0. The van der Waals surface area contributed by atoms with E-state index in [9.17, 15) is 22.4 Å². The molecule has 0 aliphatic carbocycles. The standard InChI is InChI=1S/C17H16F4N2O/c1-16(2)9-14(24)22-23(16)15(17(19,20)21)12-7-10-5-3-4-6-11(10)8-13(12)18/h3-8,15H,9H2,1-2H3,(H,22,24). The normalized spacial score (nSPS) is 19.5. The average molecular weight is 340 g/mol. The summed E-state index contributed by atoms with van der Waals surface area (Å²) < 4.78 is 55.7. The molecular formula is C17H16F4N2O. The van der Waals surface area contributed by atoms with Gasteiger partial charge in [-0.15, -0.1) is 0 Å². The number of amides is 1. The van der Waals surface area contributed by atoms with Gasteiger partial charge in [0, 0.05) is 17.5 Å². The Labute approximate surface area is 136 Å². The number of fused-ring (bicyclic) bond motifs is 1. The molecule has 1 N–H and O–H groups in total. The molecule has 7 heteroatoms. The minimum atomic E-state index is -4.75. The lowest BCUT2D eigenvalue weighted by molar-refractivity contribution is -0.204. The zero-order valence-electron chi connectivity index (χ0n) is 13.1. The molecule has 1 unspecified atom stereocenters. The highest BCUT2D eigenvalue weighted by Gasteiger charge is 2.53. The Balaban J connectivity index is 2.17. The number of benzene rings is 2. The fourth-order valence-electron chi connectivity index (χ4n) is 3.12. The second-order valence-corrected chi connectivity index (χ2v) is 6.56. The maximum absolute atomic E-state index is 14.5. The van der Waals surface area contributed by atoms with Crippen LogP contribution in [0.5, 0.6) is 0 Å². The van der Waals surface area contributed by atoms with Gasteiger partial charge in [-0.3, -0.25) is 10.2 Å². The fourth-order valence-corrected chi connectivity index (χ4v) is 3.12. The van der Waals surface area contributed by atoms with Crippen LogP contribution in [0.15, 0.2) is 36.4 Å². The van der Waals surface area contributed by atoms with Gasteiger partial charge >= 0.3 is 6.18 Å². The second-order valence-electron chi connectivity index (χ2n) is 6.56. The quantitative estimate of drug-likeness (QED) is 0.835. The third kappa shape index (κ3) is 2.84. The van der Waals surface area contributed by atoms with Crippen molar-refractivity contribution in [3.05, 3.63) is 47.8 Å². The maximum atomic E-state index is 14.5. The number of hydrogen-bond donors (Lipinski definition) is 1. The highest BCUT2D eigenvalue weighted by Crippen LogP contribution is 2.44. The van der Waals surface area contributed by atoms with E-state index in [0.717, 1.165) is 11.1 Å². The Hall–Kier alpha value is -2.15. The van der Waals surface area contributed by atoms with Gasteiger partial charge in [0.25, 0.3) is 0 Å². The Bertz CT molecular complexity index is 801. The number of alkyl halides is 3. The molecular weight excluding hydrogens is 324 g/mol. The summed E-state index contributed by atoms with van der Waals surface area (Å²) in [5, 5.41) is 1.83. The first-order valence-electron chi connectivity index (χ1n) is 7.43. The van der Waals surface area contributed by atoms with E-state index in [1.165, 1.54) is 19.9 Å². The molecule has 0 spiro atoms. The second kappa shape index (κ2) is 5.44. The number of carbonyl (C=O) groups is 1. The molecule has 24 heavy (non-hydrogen) atoms. The van der Waals surface area contributed by atoms with Gasteiger partial charge in [-0.2, -0.15) is 18.2 Å². The van der Waals surface area contributed by atoms with Crippen LogP contribution in [0.3, 0.4) is 0 Å². The van der Waals surface area contributed by atoms with Gasteiger partial charge in [-0.25, -0.2) is 4.39 Å². The Kier molecular flexibility index (Phi) is 3.79. The van der Waals surface area contributed by atoms with E-state index in [1.54, 1.807) is 24.3 Å². The van der Waals surface area contributed by atoms with Crippen molar-refractivity contribution in [1.82, 2.24) is 10.4 Å². The van der Waals surface area contributed by atoms with Crippen LogP contribution in [0.1, 0.15) is 31.9 Å². The van der Waals surface area contributed by atoms with Crippen LogP contribution < -0.4 is 5.43 Å². The van der Waals surface area contributed by atoms with Crippen LogP contribution in [0.25, 0.3) is 10.8 Å². The molecule has 0 bridgehead atoms. The number of nitrogens with one attached hydrogen (secondary N) is 1. The van der Waals surface area contributed by atoms with Crippen molar-refractivity contribution in [3.8, 4) is 0 Å². The Morgan fingerprint density at radius 1 is 1.17 bits per heavy atom. The predicted octanol–water partition coefficient (Wildman–Crippen LogP) is 4.10. The van der Waals surface area contributed by atoms with E-state index in [0.29, 0.717) is 10.8 Å². The summed E-state index contributed by atoms with van der Waals surface area (Å²) in [6.07, 6.45) is -4.84. The molecule has 128 valence electrons. The zero-order valence-corrected chi connectivity index (χ0v) is 13.1. The molecule has 0 radical (unpaired) electrons. The minimum absolute atomic E-state index is 0.0885. The van der Waals surface area contributed by atoms with Crippen LogP contribution >= 0.6 is 0 Å². The molecule has 1 heterocycles. The van der Waals surface area contributed by atoms with E-state index >= 15 is 0 Å². The van der Waals surface area contributed by atoms with E-state index in [-0.39, 0.29) is 6.42 Å². The van der Waals surface area contributed by atoms with E-state index in [2.05, 4.69) is 5.43 Å². The number of carbonyl (C=O) groups excluding carboxylic acids is 1. The molecule has 1 aliphatic rings. The van der Waals surface area contributed by atoms with Crippen molar-refractivity contribution in [2.45, 2.75) is 38.0 Å². The molecule has 1 atom stereocenters. The van der Waals surface area contributed by atoms with Crippen molar-refractivity contribution < 1.29 is 22.4 Å². The van der Waals surface area contributed by atoms with Gasteiger partial charge in [-0.05, 0) is 36.8 Å². The van der Waals surface area contributed by atoms with Crippen LogP contribution in [0.2, 0.25) is 0 Å². The fraction of sp³-hybridized carbons (Fsp3) is 0.353. The molecule has 2 aromatic carbocycles. The summed E-state index contributed by atoms with van der Waals surface area (Å²) in [7, 11) is 0. The zero-order chi connectivity index (χ0) is 17.7. The first-order chi connectivity index (χ1) is 11.1. The van der Waals surface area contributed by atoms with Crippen LogP contribution in [0.4, 0.5) is 17.6 Å². The third-order valence-corrected chi connectivity index (χ3v) is 4.22. The van der Waals surface area contributed by atoms with Crippen molar-refractivity contribution in [2.24, 2.45) is 0 Å². The largest absolute Gasteiger partial charge is 0.410 e. The lowest BCUT2D eigenvalue weighted by Crippen LogP contribution is -2.51. The van der Waals surface area contributed by atoms with Gasteiger partial charge in [-0.1, -0.05) is 24.3 Å². The van der Waals surface area contributed by atoms with Gasteiger partial charge in [0.1, 0.15) is 5.82 Å². The van der Waals surface area contributed by atoms with Crippen molar-refractivity contribution >= 4 is 16.7 Å². The Morgan fingerprint density at radius 3 is 2.25 bits per heavy atom. The summed E-state index contributed by atoms with van der Waals surface area (Å²) in [4.78, 5) is 11.6. The minimum Gasteiger partial charge on any atom is -0.287 e. The topological polar surface area (TPSA) is 32.3 Å². The molecule has 3 rings (SSSR count). The molecule has 0 aromatic heterocycles. The third-order valence-electron chi connectivity index (χ3n) is 4.22. The first kappa shape index (κ1) is 16.7. The molecule has 2 aromatic rings. The summed E-state index contributed by atoms with van der Waals surface area (Å²) in [5.41, 5.74) is 0.641. The number of nitrogens with zero attached hydrogens (tertiary/aromatic N) is 1. The molecule has 0 saturated carbocycles. The maximum Gasteiger partial charge on any atom is 0.410 e. The number of hydrogen-bond acceptors (Lipinski definition) is 2. The first-order valence-corrected chi connectivity index (χ1v) is 7.43. The van der Waals surface area contributed by atoms with Gasteiger partial charge in [0.05, 0.1) is 0 Å². The molecule has 1 saturated heterocycles. The van der Waals surface area contributed by atoms with Gasteiger partial charge < -0.3 is 0 Å². The summed E-state index contributed by atoms with van der Waals surface area (Å²) in [6.45, 7) is 3.03. The molecule has 1 fully saturated rings. The van der Waals surface area contributed by atoms with Crippen molar-refractivity contribution in [2.75, 3.05) is 0 Å². The van der Waals surface area contributed by atoms with E-state index in [4.69, 9.17) is 0 Å². The van der Waals surface area contributed by atoms with Gasteiger partial charge in [0.2, 0.25) is 5.91 Å². The Morgan fingerprint density at radius 2 is 1.75 bits per heavy atom. The van der Waals surface area contributed by atoms with Crippen molar-refractivity contribution in [3.63, 3.8) is 0 Å². The smallest absolute Gasteiger partial charge is 0.287 e. The average Bonchev–Trinajstić information content (AvgIpc) is 2.71. The molecule has 1 aliphatic heterocycles. The van der Waals surface area contributed by atoms with Crippen molar-refractivity contribution in [1.29, 1.82) is 0 Å². The summed E-state index contributed by atoms with van der Waals surface area (Å²) in [5.74, 6) is -1.47. The highest BCUT2D eigenvalue weighted by atomic mass is 19.4. The number of rotatable bonds is 2. The lowest BCUT2D eigenvalue weighted by atomic mass is 9.95. The SMILES string of the molecule is CC1(C)CC(=O)NN1C(c1cc2ccccc2cc1F)C(F)(F)F. The highest BCUT2D eigenvalue weighted by molar-refractivity contribution is 5.83. The van der Waals surface area contributed by atoms with E-state index in [1.807, 2.05) is 0 Å². The van der Waals surface area contributed by atoms with Crippen LogP contribution in [-0.4, -0.2) is 22.6 Å². The number of hydrazine groups is 1. The van der Waals surface area contributed by atoms with E-state index < -0.39 is 35.0 Å². The molecule has 1 amide bonds. The number of halogens is 4. The monoisotopic (exact) mass is 340 g/mol. The predicted molar refractivity (Wildman–Crippen MR) is 81.4 cm³/mol.